The number of rotatable bonds is 4. The van der Waals surface area contributed by atoms with Gasteiger partial charge >= 0.3 is 0 Å². The second-order valence-corrected chi connectivity index (χ2v) is 6.27. The number of hydrogen-bond acceptors (Lipinski definition) is 5. The number of carbonyl (C=O) groups excluding carboxylic acids is 1. The number of nitrogens with zero attached hydrogens (tertiary/aromatic N) is 3. The fourth-order valence-electron chi connectivity index (χ4n) is 2.45. The molecule has 2 N–H and O–H groups in total. The summed E-state index contributed by atoms with van der Waals surface area (Å²) in [5.74, 6) is 0.593. The fraction of sp³-hybridized carbons (Fsp3) is 0.100. The molecule has 3 aromatic rings. The molecule has 7 heteroatoms. The number of halogens is 1. The van der Waals surface area contributed by atoms with Crippen LogP contribution in [0.5, 0.6) is 0 Å². The third-order valence-electron chi connectivity index (χ3n) is 3.87. The van der Waals surface area contributed by atoms with Crippen LogP contribution in [-0.2, 0) is 0 Å². The average Bonchev–Trinajstić information content (AvgIpc) is 2.65. The van der Waals surface area contributed by atoms with Crippen LogP contribution in [0.15, 0.2) is 48.5 Å². The Balaban J connectivity index is 1.82. The van der Waals surface area contributed by atoms with Crippen molar-refractivity contribution in [2.24, 2.45) is 0 Å². The van der Waals surface area contributed by atoms with Crippen molar-refractivity contribution >= 4 is 34.7 Å². The fourth-order valence-corrected chi connectivity index (χ4v) is 2.63. The molecule has 27 heavy (non-hydrogen) atoms. The Morgan fingerprint density at radius 2 is 1.85 bits per heavy atom. The van der Waals surface area contributed by atoms with Crippen molar-refractivity contribution in [1.29, 1.82) is 5.26 Å². The first-order valence-electron chi connectivity index (χ1n) is 8.15. The van der Waals surface area contributed by atoms with Crippen LogP contribution < -0.4 is 10.6 Å². The highest BCUT2D eigenvalue weighted by molar-refractivity contribution is 6.31. The first-order valence-corrected chi connectivity index (χ1v) is 8.53. The van der Waals surface area contributed by atoms with E-state index in [-0.39, 0.29) is 11.6 Å². The minimum atomic E-state index is -0.353. The van der Waals surface area contributed by atoms with Gasteiger partial charge < -0.3 is 10.6 Å². The predicted octanol–water partition coefficient (Wildman–Crippen LogP) is 4.61. The largest absolute Gasteiger partial charge is 0.340 e. The van der Waals surface area contributed by atoms with Gasteiger partial charge in [0.05, 0.1) is 11.6 Å². The van der Waals surface area contributed by atoms with Crippen molar-refractivity contribution in [3.05, 3.63) is 76.2 Å². The van der Waals surface area contributed by atoms with Crippen LogP contribution in [0.1, 0.15) is 27.4 Å². The summed E-state index contributed by atoms with van der Waals surface area (Å²) in [7, 11) is 0. The molecule has 1 aromatic heterocycles. The number of aryl methyl sites for hydroxylation is 1. The second-order valence-electron chi connectivity index (χ2n) is 5.87. The van der Waals surface area contributed by atoms with Gasteiger partial charge in [-0.3, -0.25) is 4.79 Å². The van der Waals surface area contributed by atoms with E-state index in [0.29, 0.717) is 27.9 Å². The zero-order valence-corrected chi connectivity index (χ0v) is 15.5. The molecule has 0 spiro atoms. The molecule has 3 rings (SSSR count). The molecule has 0 radical (unpaired) electrons. The van der Waals surface area contributed by atoms with Gasteiger partial charge in [0, 0.05) is 22.5 Å². The average molecular weight is 378 g/mol. The lowest BCUT2D eigenvalue weighted by molar-refractivity contribution is 0.102. The number of hydrogen-bond donors (Lipinski definition) is 2. The minimum Gasteiger partial charge on any atom is -0.340 e. The van der Waals surface area contributed by atoms with Gasteiger partial charge in [0.1, 0.15) is 17.3 Å². The highest BCUT2D eigenvalue weighted by Crippen LogP contribution is 2.23. The van der Waals surface area contributed by atoms with Crippen LogP contribution in [0.2, 0.25) is 5.02 Å². The van der Waals surface area contributed by atoms with Crippen LogP contribution in [0.4, 0.5) is 17.2 Å². The Bertz CT molecular complexity index is 1040. The van der Waals surface area contributed by atoms with E-state index >= 15 is 0 Å². The van der Waals surface area contributed by atoms with E-state index in [4.69, 9.17) is 16.9 Å². The number of benzene rings is 2. The molecule has 134 valence electrons. The summed E-state index contributed by atoms with van der Waals surface area (Å²) in [5, 5.41) is 15.4. The number of carbonyl (C=O) groups is 1. The molecule has 0 aliphatic heterocycles. The van der Waals surface area contributed by atoms with E-state index in [0.717, 1.165) is 11.3 Å². The highest BCUT2D eigenvalue weighted by atomic mass is 35.5. The standard InChI is InChI=1S/C20H16ClN5O/c1-12-16(21)4-3-5-17(12)26-20(27)18-10-19(24-13(2)23-18)25-15-8-6-14(11-22)7-9-15/h3-10H,1-2H3,(H,26,27)(H,23,24,25). The molecule has 1 heterocycles. The van der Waals surface area contributed by atoms with Gasteiger partial charge in [0.2, 0.25) is 0 Å². The molecule has 0 saturated heterocycles. The molecule has 0 saturated carbocycles. The molecule has 0 atom stereocenters. The smallest absolute Gasteiger partial charge is 0.274 e. The summed E-state index contributed by atoms with van der Waals surface area (Å²) in [4.78, 5) is 21.1. The Morgan fingerprint density at radius 3 is 2.56 bits per heavy atom. The molecular formula is C20H16ClN5O. The summed E-state index contributed by atoms with van der Waals surface area (Å²) in [5.41, 5.74) is 2.97. The van der Waals surface area contributed by atoms with E-state index in [2.05, 4.69) is 26.7 Å². The van der Waals surface area contributed by atoms with Gasteiger partial charge in [-0.25, -0.2) is 9.97 Å². The van der Waals surface area contributed by atoms with Crippen molar-refractivity contribution in [2.45, 2.75) is 13.8 Å². The van der Waals surface area contributed by atoms with Crippen molar-refractivity contribution in [2.75, 3.05) is 10.6 Å². The summed E-state index contributed by atoms with van der Waals surface area (Å²) >= 11 is 6.10. The van der Waals surface area contributed by atoms with Crippen molar-refractivity contribution in [3.63, 3.8) is 0 Å². The van der Waals surface area contributed by atoms with Gasteiger partial charge in [0.15, 0.2) is 0 Å². The maximum absolute atomic E-state index is 12.6. The van der Waals surface area contributed by atoms with Crippen molar-refractivity contribution in [1.82, 2.24) is 9.97 Å². The third kappa shape index (κ3) is 4.40. The Morgan fingerprint density at radius 1 is 1.11 bits per heavy atom. The summed E-state index contributed by atoms with van der Waals surface area (Å²) < 4.78 is 0. The lowest BCUT2D eigenvalue weighted by Crippen LogP contribution is -2.16. The van der Waals surface area contributed by atoms with E-state index in [9.17, 15) is 4.79 Å². The minimum absolute atomic E-state index is 0.234. The van der Waals surface area contributed by atoms with E-state index in [1.54, 1.807) is 55.5 Å². The monoisotopic (exact) mass is 377 g/mol. The summed E-state index contributed by atoms with van der Waals surface area (Å²) in [6, 6.07) is 15.9. The van der Waals surface area contributed by atoms with Crippen LogP contribution >= 0.6 is 11.6 Å². The quantitative estimate of drug-likeness (QED) is 0.692. The molecule has 0 unspecified atom stereocenters. The van der Waals surface area contributed by atoms with Crippen LogP contribution in [0, 0.1) is 25.2 Å². The molecule has 0 fully saturated rings. The Labute approximate surface area is 161 Å². The zero-order chi connectivity index (χ0) is 19.4. The van der Waals surface area contributed by atoms with E-state index in [1.807, 2.05) is 6.92 Å². The summed E-state index contributed by atoms with van der Waals surface area (Å²) in [6.45, 7) is 3.55. The molecule has 0 bridgehead atoms. The summed E-state index contributed by atoms with van der Waals surface area (Å²) in [6.07, 6.45) is 0. The maximum Gasteiger partial charge on any atom is 0.274 e. The van der Waals surface area contributed by atoms with Crippen LogP contribution in [-0.4, -0.2) is 15.9 Å². The Kier molecular flexibility index (Phi) is 5.34. The molecule has 0 aliphatic carbocycles. The molecule has 1 amide bonds. The van der Waals surface area contributed by atoms with Crippen LogP contribution in [0.25, 0.3) is 0 Å². The Hall–Kier alpha value is -3.43. The molecule has 2 aromatic carbocycles. The predicted molar refractivity (Wildman–Crippen MR) is 105 cm³/mol. The van der Waals surface area contributed by atoms with Gasteiger partial charge in [0.25, 0.3) is 5.91 Å². The molecule has 0 aliphatic rings. The normalized spacial score (nSPS) is 10.1. The van der Waals surface area contributed by atoms with Gasteiger partial charge in [-0.2, -0.15) is 5.26 Å². The highest BCUT2D eigenvalue weighted by Gasteiger charge is 2.13. The van der Waals surface area contributed by atoms with Gasteiger partial charge in [-0.05, 0) is 55.8 Å². The van der Waals surface area contributed by atoms with Crippen LogP contribution in [0.3, 0.4) is 0 Å². The topological polar surface area (TPSA) is 90.7 Å². The maximum atomic E-state index is 12.6. The lowest BCUT2D eigenvalue weighted by Gasteiger charge is -2.11. The third-order valence-corrected chi connectivity index (χ3v) is 4.28. The SMILES string of the molecule is Cc1nc(Nc2ccc(C#N)cc2)cc(C(=O)Nc2cccc(Cl)c2C)n1. The van der Waals surface area contributed by atoms with Crippen molar-refractivity contribution in [3.8, 4) is 6.07 Å². The van der Waals surface area contributed by atoms with Gasteiger partial charge in [-0.15, -0.1) is 0 Å². The van der Waals surface area contributed by atoms with Gasteiger partial charge in [-0.1, -0.05) is 17.7 Å². The number of aromatic nitrogens is 2. The number of amides is 1. The first-order chi connectivity index (χ1) is 13.0. The second kappa shape index (κ2) is 7.85. The number of nitriles is 1. The zero-order valence-electron chi connectivity index (χ0n) is 14.7. The lowest BCUT2D eigenvalue weighted by atomic mass is 10.2. The van der Waals surface area contributed by atoms with E-state index < -0.39 is 0 Å². The van der Waals surface area contributed by atoms with E-state index in [1.165, 1.54) is 0 Å². The first kappa shape index (κ1) is 18.4. The van der Waals surface area contributed by atoms with Crippen molar-refractivity contribution < 1.29 is 4.79 Å². The number of nitrogens with one attached hydrogen (secondary N) is 2. The molecular weight excluding hydrogens is 362 g/mol. The number of anilines is 3. The molecule has 6 nitrogen and oxygen atoms in total.